The number of aryl methyl sites for hydroxylation is 1. The van der Waals surface area contributed by atoms with E-state index in [1.165, 1.54) is 40.8 Å². The molecule has 2 aliphatic rings. The summed E-state index contributed by atoms with van der Waals surface area (Å²) in [7, 11) is 0. The Morgan fingerprint density at radius 3 is 2.05 bits per heavy atom. The largest absolute Gasteiger partial charge is 0.285 e. The maximum absolute atomic E-state index is 5.05. The van der Waals surface area contributed by atoms with Gasteiger partial charge < -0.3 is 0 Å². The summed E-state index contributed by atoms with van der Waals surface area (Å²) in [6.45, 7) is 4.00. The molecule has 0 heterocycles. The Bertz CT molecular complexity index is 627. The number of hydrogen-bond acceptors (Lipinski definition) is 1. The lowest BCUT2D eigenvalue weighted by Crippen LogP contribution is -2.01. The van der Waals surface area contributed by atoms with E-state index in [0.29, 0.717) is 6.04 Å². The van der Waals surface area contributed by atoms with Crippen LogP contribution in [0.5, 0.6) is 0 Å². The van der Waals surface area contributed by atoms with Gasteiger partial charge in [-0.2, -0.15) is 0 Å². The zero-order valence-electron chi connectivity index (χ0n) is 13.0. The van der Waals surface area contributed by atoms with Crippen LogP contribution < -0.4 is 0 Å². The highest BCUT2D eigenvalue weighted by atomic mass is 14.8. The van der Waals surface area contributed by atoms with Crippen LogP contribution in [0.2, 0.25) is 0 Å². The molecule has 2 aliphatic carbocycles. The molecule has 1 atom stereocenters. The highest BCUT2D eigenvalue weighted by Gasteiger charge is 2.23. The SMILES string of the molecule is CC.c1ccc2c(c1)CC(=NC1CCc3ccccc31)C2. The van der Waals surface area contributed by atoms with Crippen LogP contribution >= 0.6 is 0 Å². The summed E-state index contributed by atoms with van der Waals surface area (Å²) in [5.41, 5.74) is 7.24. The molecule has 0 N–H and O–H groups in total. The predicted octanol–water partition coefficient (Wildman–Crippen LogP) is 4.94. The number of hydrogen-bond donors (Lipinski definition) is 0. The minimum absolute atomic E-state index is 0.403. The van der Waals surface area contributed by atoms with Crippen molar-refractivity contribution in [1.29, 1.82) is 0 Å². The standard InChI is InChI=1S/C18H17N.C2H6/c1-2-7-15-12-16(11-14(15)6-1)19-18-10-9-13-5-3-4-8-17(13)18;1-2/h1-8,18H,9-12H2;1-2H3. The molecule has 1 nitrogen and oxygen atoms in total. The summed E-state index contributed by atoms with van der Waals surface area (Å²) in [5.74, 6) is 0. The van der Waals surface area contributed by atoms with Crippen LogP contribution in [0.4, 0.5) is 0 Å². The quantitative estimate of drug-likeness (QED) is 0.700. The minimum atomic E-state index is 0.403. The summed E-state index contributed by atoms with van der Waals surface area (Å²) in [5, 5.41) is 0. The van der Waals surface area contributed by atoms with Crippen LogP contribution in [-0.2, 0) is 19.3 Å². The summed E-state index contributed by atoms with van der Waals surface area (Å²) >= 11 is 0. The lowest BCUT2D eigenvalue weighted by atomic mass is 10.1. The van der Waals surface area contributed by atoms with Crippen molar-refractivity contribution < 1.29 is 0 Å². The van der Waals surface area contributed by atoms with E-state index in [-0.39, 0.29) is 0 Å². The van der Waals surface area contributed by atoms with E-state index in [0.717, 1.165) is 12.8 Å². The summed E-state index contributed by atoms with van der Waals surface area (Å²) in [6, 6.07) is 17.9. The van der Waals surface area contributed by atoms with Crippen molar-refractivity contribution in [3.8, 4) is 0 Å². The molecule has 0 saturated heterocycles. The monoisotopic (exact) mass is 277 g/mol. The maximum atomic E-state index is 5.05. The fraction of sp³-hybridized carbons (Fsp3) is 0.350. The van der Waals surface area contributed by atoms with Crippen LogP contribution in [0.15, 0.2) is 53.5 Å². The molecule has 4 rings (SSSR count). The second-order valence-electron chi connectivity index (χ2n) is 5.57. The smallest absolute Gasteiger partial charge is 0.0754 e. The Morgan fingerprint density at radius 2 is 1.38 bits per heavy atom. The first kappa shape index (κ1) is 14.1. The third-order valence-corrected chi connectivity index (χ3v) is 4.35. The van der Waals surface area contributed by atoms with Gasteiger partial charge in [-0.3, -0.25) is 4.99 Å². The molecule has 0 saturated carbocycles. The highest BCUT2D eigenvalue weighted by molar-refractivity contribution is 5.93. The molecule has 21 heavy (non-hydrogen) atoms. The van der Waals surface area contributed by atoms with E-state index < -0.39 is 0 Å². The van der Waals surface area contributed by atoms with Crippen LogP contribution in [0.1, 0.15) is 48.6 Å². The minimum Gasteiger partial charge on any atom is -0.285 e. The summed E-state index contributed by atoms with van der Waals surface area (Å²) in [4.78, 5) is 5.05. The van der Waals surface area contributed by atoms with Crippen molar-refractivity contribution in [1.82, 2.24) is 0 Å². The number of nitrogens with zero attached hydrogens (tertiary/aromatic N) is 1. The molecule has 2 aromatic rings. The zero-order valence-corrected chi connectivity index (χ0v) is 13.0. The van der Waals surface area contributed by atoms with E-state index in [2.05, 4.69) is 48.5 Å². The van der Waals surface area contributed by atoms with Crippen molar-refractivity contribution in [3.63, 3.8) is 0 Å². The molecule has 0 fully saturated rings. The lowest BCUT2D eigenvalue weighted by Gasteiger charge is -2.07. The van der Waals surface area contributed by atoms with Crippen molar-refractivity contribution >= 4 is 5.71 Å². The van der Waals surface area contributed by atoms with E-state index in [9.17, 15) is 0 Å². The van der Waals surface area contributed by atoms with Gasteiger partial charge in [0, 0.05) is 18.6 Å². The summed E-state index contributed by atoms with van der Waals surface area (Å²) in [6.07, 6.45) is 4.47. The van der Waals surface area contributed by atoms with Gasteiger partial charge in [0.15, 0.2) is 0 Å². The van der Waals surface area contributed by atoms with Gasteiger partial charge in [0.2, 0.25) is 0 Å². The first-order chi connectivity index (χ1) is 10.4. The Kier molecular flexibility index (Phi) is 4.19. The molecule has 1 heteroatoms. The second kappa shape index (κ2) is 6.26. The van der Waals surface area contributed by atoms with Crippen molar-refractivity contribution in [2.45, 2.75) is 45.6 Å². The Labute approximate surface area is 127 Å². The molecule has 0 aliphatic heterocycles. The van der Waals surface area contributed by atoms with Crippen molar-refractivity contribution in [3.05, 3.63) is 70.8 Å². The van der Waals surface area contributed by atoms with Gasteiger partial charge >= 0.3 is 0 Å². The van der Waals surface area contributed by atoms with Crippen LogP contribution in [-0.4, -0.2) is 5.71 Å². The van der Waals surface area contributed by atoms with Gasteiger partial charge in [0.1, 0.15) is 0 Å². The molecule has 108 valence electrons. The zero-order chi connectivity index (χ0) is 14.7. The third-order valence-electron chi connectivity index (χ3n) is 4.35. The predicted molar refractivity (Wildman–Crippen MR) is 90.1 cm³/mol. The second-order valence-corrected chi connectivity index (χ2v) is 5.57. The lowest BCUT2D eigenvalue weighted by molar-refractivity contribution is 0.713. The highest BCUT2D eigenvalue weighted by Crippen LogP contribution is 2.35. The van der Waals surface area contributed by atoms with Crippen LogP contribution in [0.3, 0.4) is 0 Å². The average Bonchev–Trinajstić information content (AvgIpc) is 3.13. The topological polar surface area (TPSA) is 12.4 Å². The Morgan fingerprint density at radius 1 is 0.810 bits per heavy atom. The average molecular weight is 277 g/mol. The van der Waals surface area contributed by atoms with E-state index in [1.807, 2.05) is 13.8 Å². The normalized spacial score (nSPS) is 18.6. The van der Waals surface area contributed by atoms with Gasteiger partial charge in [-0.1, -0.05) is 62.4 Å². The number of benzene rings is 2. The molecule has 0 spiro atoms. The molecule has 0 bridgehead atoms. The van der Waals surface area contributed by atoms with Gasteiger partial charge in [0.05, 0.1) is 6.04 Å². The Balaban J connectivity index is 0.000000636. The summed E-state index contributed by atoms with van der Waals surface area (Å²) < 4.78 is 0. The fourth-order valence-electron chi connectivity index (χ4n) is 3.39. The number of rotatable bonds is 1. The van der Waals surface area contributed by atoms with Crippen molar-refractivity contribution in [2.75, 3.05) is 0 Å². The first-order valence-corrected chi connectivity index (χ1v) is 8.10. The molecule has 2 aromatic carbocycles. The van der Waals surface area contributed by atoms with E-state index in [4.69, 9.17) is 4.99 Å². The Hall–Kier alpha value is -1.89. The van der Waals surface area contributed by atoms with Crippen LogP contribution in [0, 0.1) is 0 Å². The molecule has 1 unspecified atom stereocenters. The van der Waals surface area contributed by atoms with E-state index in [1.54, 1.807) is 0 Å². The molecule has 0 radical (unpaired) electrons. The van der Waals surface area contributed by atoms with Gasteiger partial charge in [-0.25, -0.2) is 0 Å². The third kappa shape index (κ3) is 2.78. The molecule has 0 amide bonds. The molecule has 0 aromatic heterocycles. The van der Waals surface area contributed by atoms with Crippen molar-refractivity contribution in [2.24, 2.45) is 4.99 Å². The number of fused-ring (bicyclic) bond motifs is 2. The molecular weight excluding hydrogens is 254 g/mol. The molecular formula is C20H23N. The van der Waals surface area contributed by atoms with Gasteiger partial charge in [-0.15, -0.1) is 0 Å². The fourth-order valence-corrected chi connectivity index (χ4v) is 3.39. The van der Waals surface area contributed by atoms with E-state index >= 15 is 0 Å². The van der Waals surface area contributed by atoms with Gasteiger partial charge in [-0.05, 0) is 35.1 Å². The van der Waals surface area contributed by atoms with Crippen LogP contribution in [0.25, 0.3) is 0 Å². The van der Waals surface area contributed by atoms with Gasteiger partial charge in [0.25, 0.3) is 0 Å². The maximum Gasteiger partial charge on any atom is 0.0754 e. The first-order valence-electron chi connectivity index (χ1n) is 8.10. The number of aliphatic imine (C=N–C) groups is 1.